The number of carboxylic acid groups (broad SMARTS) is 1. The number of aliphatic hydroxyl groups excluding tert-OH is 1. The highest BCUT2D eigenvalue weighted by atomic mass is 32.2. The van der Waals surface area contributed by atoms with Gasteiger partial charge in [-0.1, -0.05) is 97.0 Å². The molecule has 0 radical (unpaired) electrons. The van der Waals surface area contributed by atoms with Gasteiger partial charge in [0, 0.05) is 37.1 Å². The van der Waals surface area contributed by atoms with Crippen molar-refractivity contribution in [3.8, 4) is 11.1 Å². The van der Waals surface area contributed by atoms with E-state index in [-0.39, 0.29) is 31.1 Å². The van der Waals surface area contributed by atoms with E-state index >= 15 is 0 Å². The lowest BCUT2D eigenvalue weighted by molar-refractivity contribution is -0.245. The second kappa shape index (κ2) is 17.0. The highest BCUT2D eigenvalue weighted by Gasteiger charge is 2.32. The van der Waals surface area contributed by atoms with Gasteiger partial charge in [0.1, 0.15) is 0 Å². The Labute approximate surface area is 294 Å². The fourth-order valence-electron chi connectivity index (χ4n) is 5.82. The number of hydrogen-bond donors (Lipinski definition) is 3. The van der Waals surface area contributed by atoms with Gasteiger partial charge in [-0.2, -0.15) is 0 Å². The maximum atomic E-state index is 12.3. The number of thioether (sulfide) groups is 1. The minimum Gasteiger partial charge on any atom is -0.481 e. The van der Waals surface area contributed by atoms with E-state index < -0.39 is 12.3 Å². The second-order valence-corrected chi connectivity index (χ2v) is 14.5. The third-order valence-electron chi connectivity index (χ3n) is 8.51. The topological polar surface area (TPSA) is 118 Å². The SMILES string of the molecule is O=C(O)CCCCCC(=O)NCc1cccc(-c2ccc([C@H]3O[C@@H](CSc4nc5ccccc5s4)C[C@@H](c4ccc(CO)cc4)O3)cc2)c1. The molecule has 254 valence electrons. The molecule has 2 heterocycles. The maximum Gasteiger partial charge on any atom is 0.303 e. The smallest absolute Gasteiger partial charge is 0.303 e. The van der Waals surface area contributed by atoms with Crippen molar-refractivity contribution in [3.63, 3.8) is 0 Å². The van der Waals surface area contributed by atoms with Gasteiger partial charge in [0.05, 0.1) is 29.0 Å². The van der Waals surface area contributed by atoms with Gasteiger partial charge in [-0.15, -0.1) is 11.3 Å². The Morgan fingerprint density at radius 1 is 0.837 bits per heavy atom. The molecule has 1 amide bonds. The molecule has 0 saturated carbocycles. The number of nitrogens with one attached hydrogen (secondary N) is 1. The van der Waals surface area contributed by atoms with Crippen molar-refractivity contribution in [1.29, 1.82) is 0 Å². The quantitative estimate of drug-likeness (QED) is 0.0738. The Morgan fingerprint density at radius 2 is 1.61 bits per heavy atom. The van der Waals surface area contributed by atoms with Crippen molar-refractivity contribution in [2.24, 2.45) is 0 Å². The highest BCUT2D eigenvalue weighted by molar-refractivity contribution is 8.01. The average molecular weight is 697 g/mol. The molecule has 10 heteroatoms. The number of rotatable bonds is 15. The standard InChI is InChI=1S/C39H40N2O6S2/c42-24-26-13-15-29(16-14-26)34-22-32(25-48-39-41-33-9-4-5-10-35(33)49-39)46-38(47-34)30-19-17-28(18-20-30)31-8-6-7-27(21-31)23-40-36(43)11-2-1-3-12-37(44)45/h4-10,13-21,32,34,38,42H,1-3,11-12,22-25H2,(H,40,43)(H,44,45)/t32-,34+,38+/m1/s1. The number of hydrogen-bond acceptors (Lipinski definition) is 8. The molecular formula is C39H40N2O6S2. The van der Waals surface area contributed by atoms with E-state index in [1.54, 1.807) is 23.1 Å². The van der Waals surface area contributed by atoms with E-state index in [9.17, 15) is 14.7 Å². The van der Waals surface area contributed by atoms with Crippen molar-refractivity contribution in [2.45, 2.75) is 74.5 Å². The number of thiazole rings is 1. The zero-order chi connectivity index (χ0) is 34.0. The molecule has 0 unspecified atom stereocenters. The van der Waals surface area contributed by atoms with E-state index in [1.165, 1.54) is 4.70 Å². The van der Waals surface area contributed by atoms with Gasteiger partial charge in [-0.25, -0.2) is 4.98 Å². The lowest BCUT2D eigenvalue weighted by Gasteiger charge is -2.36. The van der Waals surface area contributed by atoms with Crippen LogP contribution in [-0.2, 0) is 32.2 Å². The van der Waals surface area contributed by atoms with Crippen LogP contribution in [0.1, 0.15) is 73.2 Å². The Hall–Kier alpha value is -4.06. The van der Waals surface area contributed by atoms with Gasteiger partial charge >= 0.3 is 5.97 Å². The van der Waals surface area contributed by atoms with Crippen LogP contribution < -0.4 is 5.32 Å². The van der Waals surface area contributed by atoms with Crippen LogP contribution >= 0.6 is 23.1 Å². The highest BCUT2D eigenvalue weighted by Crippen LogP contribution is 2.40. The molecule has 1 aliphatic rings. The predicted molar refractivity (Wildman–Crippen MR) is 193 cm³/mol. The Balaban J connectivity index is 1.10. The number of fused-ring (bicyclic) bond motifs is 1. The number of carbonyl (C=O) groups is 2. The normalized spacial score (nSPS) is 17.6. The minimum absolute atomic E-state index is 0.000442. The third-order valence-corrected chi connectivity index (χ3v) is 10.8. The zero-order valence-corrected chi connectivity index (χ0v) is 28.8. The molecule has 1 saturated heterocycles. The van der Waals surface area contributed by atoms with E-state index in [4.69, 9.17) is 19.6 Å². The number of aromatic nitrogens is 1. The first-order valence-electron chi connectivity index (χ1n) is 16.6. The molecule has 3 N–H and O–H groups in total. The summed E-state index contributed by atoms with van der Waals surface area (Å²) >= 11 is 3.41. The van der Waals surface area contributed by atoms with E-state index in [0.29, 0.717) is 32.2 Å². The lowest BCUT2D eigenvalue weighted by atomic mass is 9.99. The Morgan fingerprint density at radius 3 is 2.39 bits per heavy atom. The van der Waals surface area contributed by atoms with Gasteiger partial charge in [-0.05, 0) is 58.9 Å². The van der Waals surface area contributed by atoms with Crippen molar-refractivity contribution in [2.75, 3.05) is 5.75 Å². The fraction of sp³-hybridized carbons (Fsp3) is 0.308. The summed E-state index contributed by atoms with van der Waals surface area (Å²) in [6.45, 7) is 0.432. The van der Waals surface area contributed by atoms with E-state index in [1.807, 2.05) is 66.7 Å². The maximum absolute atomic E-state index is 12.3. The van der Waals surface area contributed by atoms with Gasteiger partial charge < -0.3 is 25.0 Å². The van der Waals surface area contributed by atoms with E-state index in [2.05, 4.69) is 35.6 Å². The summed E-state index contributed by atoms with van der Waals surface area (Å²) in [6, 6.07) is 32.5. The number of unbranched alkanes of at least 4 members (excludes halogenated alkanes) is 2. The predicted octanol–water partition coefficient (Wildman–Crippen LogP) is 8.44. The molecule has 4 aromatic carbocycles. The van der Waals surface area contributed by atoms with E-state index in [0.717, 1.165) is 55.4 Å². The Kier molecular flexibility index (Phi) is 12.1. The molecule has 0 spiro atoms. The number of nitrogens with zero attached hydrogens (tertiary/aromatic N) is 1. The number of aliphatic carboxylic acids is 1. The number of para-hydroxylation sites is 1. The summed E-state index contributed by atoms with van der Waals surface area (Å²) in [5.74, 6) is -0.0843. The van der Waals surface area contributed by atoms with Crippen LogP contribution in [0.4, 0.5) is 0 Å². The van der Waals surface area contributed by atoms with Gasteiger partial charge in [0.2, 0.25) is 5.91 Å². The molecule has 1 aliphatic heterocycles. The summed E-state index contributed by atoms with van der Waals surface area (Å²) in [5, 5.41) is 21.3. The van der Waals surface area contributed by atoms with Crippen LogP contribution in [0, 0.1) is 0 Å². The first-order valence-corrected chi connectivity index (χ1v) is 18.4. The Bertz CT molecular complexity index is 1810. The molecule has 5 aromatic rings. The summed E-state index contributed by atoms with van der Waals surface area (Å²) in [5.41, 5.74) is 6.96. The summed E-state index contributed by atoms with van der Waals surface area (Å²) in [6.07, 6.45) is 2.47. The second-order valence-electron chi connectivity index (χ2n) is 12.2. The van der Waals surface area contributed by atoms with Crippen molar-refractivity contribution < 1.29 is 29.3 Å². The monoisotopic (exact) mass is 696 g/mol. The molecular weight excluding hydrogens is 657 g/mol. The van der Waals surface area contributed by atoms with Crippen LogP contribution in [0.5, 0.6) is 0 Å². The van der Waals surface area contributed by atoms with Crippen molar-refractivity contribution >= 4 is 45.2 Å². The van der Waals surface area contributed by atoms with Gasteiger partial charge in [-0.3, -0.25) is 9.59 Å². The number of amides is 1. The van der Waals surface area contributed by atoms with Crippen molar-refractivity contribution in [3.05, 3.63) is 119 Å². The molecule has 3 atom stereocenters. The molecule has 8 nitrogen and oxygen atoms in total. The van der Waals surface area contributed by atoms with Gasteiger partial charge in [0.15, 0.2) is 10.6 Å². The molecule has 1 fully saturated rings. The average Bonchev–Trinajstić information content (AvgIpc) is 3.56. The van der Waals surface area contributed by atoms with Crippen LogP contribution in [-0.4, -0.2) is 38.9 Å². The van der Waals surface area contributed by atoms with Crippen LogP contribution in [0.15, 0.2) is 101 Å². The third kappa shape index (κ3) is 9.77. The molecule has 6 rings (SSSR count). The lowest BCUT2D eigenvalue weighted by Crippen LogP contribution is -2.31. The van der Waals surface area contributed by atoms with Crippen LogP contribution in [0.25, 0.3) is 21.3 Å². The largest absolute Gasteiger partial charge is 0.481 e. The molecule has 1 aromatic heterocycles. The number of carboxylic acids is 1. The number of carbonyl (C=O) groups excluding carboxylic acids is 1. The summed E-state index contributed by atoms with van der Waals surface area (Å²) in [7, 11) is 0. The number of aliphatic hydroxyl groups is 1. The fourth-order valence-corrected chi connectivity index (χ4v) is 7.93. The number of benzene rings is 4. The zero-order valence-electron chi connectivity index (χ0n) is 27.1. The summed E-state index contributed by atoms with van der Waals surface area (Å²) in [4.78, 5) is 27.8. The molecule has 0 bridgehead atoms. The molecule has 49 heavy (non-hydrogen) atoms. The minimum atomic E-state index is -0.801. The summed E-state index contributed by atoms with van der Waals surface area (Å²) < 4.78 is 15.3. The first-order chi connectivity index (χ1) is 23.9. The number of ether oxygens (including phenoxy) is 2. The van der Waals surface area contributed by atoms with Crippen LogP contribution in [0.3, 0.4) is 0 Å². The van der Waals surface area contributed by atoms with Crippen molar-refractivity contribution in [1.82, 2.24) is 10.3 Å². The first kappa shape index (κ1) is 34.8. The van der Waals surface area contributed by atoms with Crippen LogP contribution in [0.2, 0.25) is 0 Å². The van der Waals surface area contributed by atoms with Gasteiger partial charge in [0.25, 0.3) is 0 Å². The molecule has 0 aliphatic carbocycles.